The van der Waals surface area contributed by atoms with E-state index in [-0.39, 0.29) is 16.7 Å². The third-order valence-electron chi connectivity index (χ3n) is 3.65. The van der Waals surface area contributed by atoms with Gasteiger partial charge in [0.05, 0.1) is 13.7 Å². The van der Waals surface area contributed by atoms with Crippen LogP contribution in [0.25, 0.3) is 0 Å². The van der Waals surface area contributed by atoms with Gasteiger partial charge in [-0.2, -0.15) is 0 Å². The topological polar surface area (TPSA) is 67.3 Å². The molecule has 0 aliphatic carbocycles. The van der Waals surface area contributed by atoms with Crippen molar-refractivity contribution in [3.63, 3.8) is 0 Å². The predicted molar refractivity (Wildman–Crippen MR) is 99.4 cm³/mol. The van der Waals surface area contributed by atoms with Gasteiger partial charge in [0.2, 0.25) is 5.01 Å². The first-order valence-electron chi connectivity index (χ1n) is 7.79. The monoisotopic (exact) mass is 372 g/mol. The summed E-state index contributed by atoms with van der Waals surface area (Å²) in [4.78, 5) is 14.2. The van der Waals surface area contributed by atoms with Gasteiger partial charge in [0.1, 0.15) is 16.6 Å². The summed E-state index contributed by atoms with van der Waals surface area (Å²) in [5.74, 6) is 0.115. The van der Waals surface area contributed by atoms with Gasteiger partial charge in [-0.3, -0.25) is 4.79 Å². The van der Waals surface area contributed by atoms with Crippen molar-refractivity contribution >= 4 is 28.6 Å². The van der Waals surface area contributed by atoms with Crippen LogP contribution in [0.3, 0.4) is 0 Å². The predicted octanol–water partition coefficient (Wildman–Crippen LogP) is 3.57. The average molecular weight is 372 g/mol. The molecule has 0 saturated carbocycles. The minimum absolute atomic E-state index is 0.281. The van der Waals surface area contributed by atoms with Crippen LogP contribution >= 0.6 is 11.3 Å². The van der Waals surface area contributed by atoms with Crippen molar-refractivity contribution < 1.29 is 13.9 Å². The second-order valence-electron chi connectivity index (χ2n) is 5.52. The molecule has 0 atom stereocenters. The molecule has 0 fully saturated rings. The van der Waals surface area contributed by atoms with Gasteiger partial charge < -0.3 is 15.0 Å². The minimum Gasteiger partial charge on any atom is -0.497 e. The van der Waals surface area contributed by atoms with Crippen LogP contribution in [0.5, 0.6) is 5.75 Å². The lowest BCUT2D eigenvalue weighted by Gasteiger charge is -2.17. The number of anilines is 2. The SMILES string of the molecule is COc1ccc(NC(=O)c2nnc(CN(C)c3ccc(F)cc3)s2)cc1. The first-order valence-corrected chi connectivity index (χ1v) is 8.61. The number of halogens is 1. The number of hydrogen-bond donors (Lipinski definition) is 1. The van der Waals surface area contributed by atoms with E-state index in [1.54, 1.807) is 43.5 Å². The fourth-order valence-corrected chi connectivity index (χ4v) is 3.05. The second kappa shape index (κ2) is 7.92. The molecule has 2 aromatic carbocycles. The Morgan fingerprint density at radius 1 is 1.15 bits per heavy atom. The molecule has 0 bridgehead atoms. The Hall–Kier alpha value is -3.00. The van der Waals surface area contributed by atoms with Crippen LogP contribution in [0.4, 0.5) is 15.8 Å². The van der Waals surface area contributed by atoms with Gasteiger partial charge in [0.25, 0.3) is 5.91 Å². The summed E-state index contributed by atoms with van der Waals surface area (Å²) in [5.41, 5.74) is 1.50. The van der Waals surface area contributed by atoms with Crippen molar-refractivity contribution in [2.45, 2.75) is 6.54 Å². The van der Waals surface area contributed by atoms with Crippen molar-refractivity contribution in [2.75, 3.05) is 24.4 Å². The Balaban J connectivity index is 1.62. The molecule has 1 aromatic heterocycles. The third kappa shape index (κ3) is 4.34. The van der Waals surface area contributed by atoms with Crippen LogP contribution in [-0.4, -0.2) is 30.3 Å². The zero-order valence-corrected chi connectivity index (χ0v) is 15.1. The maximum Gasteiger partial charge on any atom is 0.286 e. The zero-order chi connectivity index (χ0) is 18.5. The van der Waals surface area contributed by atoms with Gasteiger partial charge >= 0.3 is 0 Å². The van der Waals surface area contributed by atoms with E-state index in [0.717, 1.165) is 5.69 Å². The smallest absolute Gasteiger partial charge is 0.286 e. The van der Waals surface area contributed by atoms with Crippen molar-refractivity contribution in [2.24, 2.45) is 0 Å². The lowest BCUT2D eigenvalue weighted by molar-refractivity contribution is 0.102. The number of rotatable bonds is 6. The quantitative estimate of drug-likeness (QED) is 0.716. The first-order chi connectivity index (χ1) is 12.5. The minimum atomic E-state index is -0.316. The van der Waals surface area contributed by atoms with E-state index in [2.05, 4.69) is 15.5 Å². The van der Waals surface area contributed by atoms with Crippen molar-refractivity contribution in [3.8, 4) is 5.75 Å². The number of carbonyl (C=O) groups is 1. The molecule has 26 heavy (non-hydrogen) atoms. The lowest BCUT2D eigenvalue weighted by Crippen LogP contribution is -2.16. The molecule has 1 heterocycles. The number of aromatic nitrogens is 2. The largest absolute Gasteiger partial charge is 0.497 e. The molecule has 0 spiro atoms. The number of amides is 1. The highest BCUT2D eigenvalue weighted by molar-refractivity contribution is 7.13. The van der Waals surface area contributed by atoms with Gasteiger partial charge in [-0.1, -0.05) is 11.3 Å². The standard InChI is InChI=1S/C18H17FN4O2S/c1-23(14-7-3-12(19)4-8-14)11-16-21-22-18(26-16)17(24)20-13-5-9-15(25-2)10-6-13/h3-10H,11H2,1-2H3,(H,20,24). The number of carbonyl (C=O) groups excluding carboxylic acids is 1. The van der Waals surface area contributed by atoms with Gasteiger partial charge in [-0.15, -0.1) is 10.2 Å². The highest BCUT2D eigenvalue weighted by Gasteiger charge is 2.14. The van der Waals surface area contributed by atoms with Crippen molar-refractivity contribution in [3.05, 3.63) is 64.4 Å². The normalized spacial score (nSPS) is 10.4. The molecule has 1 N–H and O–H groups in total. The van der Waals surface area contributed by atoms with Gasteiger partial charge in [-0.25, -0.2) is 4.39 Å². The molecule has 3 rings (SSSR count). The fourth-order valence-electron chi connectivity index (χ4n) is 2.26. The molecule has 6 nitrogen and oxygen atoms in total. The average Bonchev–Trinajstić information content (AvgIpc) is 3.11. The molecule has 0 unspecified atom stereocenters. The molecule has 0 aliphatic heterocycles. The lowest BCUT2D eigenvalue weighted by atomic mass is 10.3. The van der Waals surface area contributed by atoms with E-state index >= 15 is 0 Å². The number of nitrogens with zero attached hydrogens (tertiary/aromatic N) is 3. The molecule has 1 amide bonds. The van der Waals surface area contributed by atoms with Crippen LogP contribution in [0, 0.1) is 5.82 Å². The molecule has 0 saturated heterocycles. The molecular weight excluding hydrogens is 355 g/mol. The Morgan fingerprint density at radius 2 is 1.85 bits per heavy atom. The third-order valence-corrected chi connectivity index (χ3v) is 4.56. The van der Waals surface area contributed by atoms with E-state index in [9.17, 15) is 9.18 Å². The molecular formula is C18H17FN4O2S. The van der Waals surface area contributed by atoms with Crippen molar-refractivity contribution in [1.82, 2.24) is 10.2 Å². The number of hydrogen-bond acceptors (Lipinski definition) is 6. The van der Waals surface area contributed by atoms with Gasteiger partial charge in [-0.05, 0) is 48.5 Å². The Morgan fingerprint density at radius 3 is 2.50 bits per heavy atom. The van der Waals surface area contributed by atoms with Crippen molar-refractivity contribution in [1.29, 1.82) is 0 Å². The Kier molecular flexibility index (Phi) is 5.43. The van der Waals surface area contributed by atoms with Crippen LogP contribution < -0.4 is 15.0 Å². The second-order valence-corrected chi connectivity index (χ2v) is 6.58. The Bertz CT molecular complexity index is 881. The number of methoxy groups -OCH3 is 1. The van der Waals surface area contributed by atoms with E-state index in [1.165, 1.54) is 23.5 Å². The molecule has 3 aromatic rings. The maximum atomic E-state index is 13.0. The van der Waals surface area contributed by atoms with Crippen LogP contribution in [0.1, 0.15) is 14.8 Å². The summed E-state index contributed by atoms with van der Waals surface area (Å²) in [6.45, 7) is 0.471. The van der Waals surface area contributed by atoms with Crippen LogP contribution in [0.2, 0.25) is 0 Å². The highest BCUT2D eigenvalue weighted by Crippen LogP contribution is 2.20. The summed E-state index contributed by atoms with van der Waals surface area (Å²) in [6.07, 6.45) is 0. The van der Waals surface area contributed by atoms with E-state index in [4.69, 9.17) is 4.74 Å². The summed E-state index contributed by atoms with van der Waals surface area (Å²) >= 11 is 1.22. The highest BCUT2D eigenvalue weighted by atomic mass is 32.1. The van der Waals surface area contributed by atoms with Gasteiger partial charge in [0.15, 0.2) is 0 Å². The van der Waals surface area contributed by atoms with Gasteiger partial charge in [0, 0.05) is 18.4 Å². The summed E-state index contributed by atoms with van der Waals surface area (Å²) in [5, 5.41) is 11.8. The first kappa shape index (κ1) is 17.8. The summed E-state index contributed by atoms with van der Waals surface area (Å²) in [6, 6.07) is 13.2. The number of nitrogens with one attached hydrogen (secondary N) is 1. The van der Waals surface area contributed by atoms with Crippen LogP contribution in [0.15, 0.2) is 48.5 Å². The molecule has 134 valence electrons. The molecule has 8 heteroatoms. The zero-order valence-electron chi connectivity index (χ0n) is 14.3. The van der Waals surface area contributed by atoms with E-state index in [1.807, 2.05) is 11.9 Å². The number of ether oxygens (including phenoxy) is 1. The Labute approximate surface area is 154 Å². The fraction of sp³-hybridized carbons (Fsp3) is 0.167. The summed E-state index contributed by atoms with van der Waals surface area (Å²) < 4.78 is 18.1. The van der Waals surface area contributed by atoms with E-state index in [0.29, 0.717) is 23.0 Å². The summed E-state index contributed by atoms with van der Waals surface area (Å²) in [7, 11) is 3.45. The number of benzene rings is 2. The molecule has 0 aliphatic rings. The maximum absolute atomic E-state index is 13.0. The van der Waals surface area contributed by atoms with E-state index < -0.39 is 0 Å². The van der Waals surface area contributed by atoms with Crippen LogP contribution in [-0.2, 0) is 6.54 Å². The molecule has 0 radical (unpaired) electrons.